The van der Waals surface area contributed by atoms with E-state index in [1.165, 1.54) is 6.07 Å². The Kier molecular flexibility index (Phi) is 7.38. The highest BCUT2D eigenvalue weighted by Crippen LogP contribution is 2.26. The third kappa shape index (κ3) is 5.40. The van der Waals surface area contributed by atoms with Gasteiger partial charge in [-0.2, -0.15) is 5.10 Å². The van der Waals surface area contributed by atoms with Crippen LogP contribution in [0, 0.1) is 33.5 Å². The molecule has 4 rings (SSSR count). The van der Waals surface area contributed by atoms with E-state index in [0.29, 0.717) is 28.3 Å². The van der Waals surface area contributed by atoms with E-state index in [1.807, 2.05) is 45.9 Å². The Bertz CT molecular complexity index is 1410. The van der Waals surface area contributed by atoms with Crippen molar-refractivity contribution in [1.82, 2.24) is 9.78 Å². The third-order valence-corrected chi connectivity index (χ3v) is 6.17. The van der Waals surface area contributed by atoms with E-state index >= 15 is 0 Å². The van der Waals surface area contributed by atoms with Crippen molar-refractivity contribution in [3.05, 3.63) is 106 Å². The number of aromatic nitrogens is 2. The van der Waals surface area contributed by atoms with Crippen molar-refractivity contribution in [3.63, 3.8) is 0 Å². The maximum atomic E-state index is 14.1. The summed E-state index contributed by atoms with van der Waals surface area (Å²) in [7, 11) is 1.59. The number of methoxy groups -OCH3 is 1. The Balaban J connectivity index is 1.53. The highest BCUT2D eigenvalue weighted by molar-refractivity contribution is 6.05. The second-order valence-electron chi connectivity index (χ2n) is 8.83. The standard InChI is InChI=1S/C29H30FN3O3/c1-18-10-11-19(2)27(14-18)36-17-24-15-22(12-13-26(24)35-5)29(34)31-28-20(3)32-33(21(28)4)16-23-8-6-7-9-25(23)30/h6-15H,16-17H2,1-5H3,(H,31,34). The summed E-state index contributed by atoms with van der Waals surface area (Å²) in [5.74, 6) is 0.870. The fraction of sp³-hybridized carbons (Fsp3) is 0.241. The number of halogens is 1. The third-order valence-electron chi connectivity index (χ3n) is 6.17. The largest absolute Gasteiger partial charge is 0.496 e. The Morgan fingerprint density at radius 2 is 1.75 bits per heavy atom. The van der Waals surface area contributed by atoms with Crippen LogP contribution in [0.25, 0.3) is 0 Å². The van der Waals surface area contributed by atoms with Crippen LogP contribution >= 0.6 is 0 Å². The molecule has 0 aliphatic carbocycles. The van der Waals surface area contributed by atoms with Crippen LogP contribution in [0.1, 0.15) is 44.0 Å². The number of amides is 1. The average Bonchev–Trinajstić information content (AvgIpc) is 3.13. The lowest BCUT2D eigenvalue weighted by atomic mass is 10.1. The predicted octanol–water partition coefficient (Wildman–Crippen LogP) is 6.14. The molecule has 7 heteroatoms. The van der Waals surface area contributed by atoms with Gasteiger partial charge in [0.2, 0.25) is 0 Å². The molecule has 0 unspecified atom stereocenters. The summed E-state index contributed by atoms with van der Waals surface area (Å²) in [6, 6.07) is 17.9. The van der Waals surface area contributed by atoms with Gasteiger partial charge in [0.05, 0.1) is 30.7 Å². The number of carbonyl (C=O) groups excluding carboxylic acids is 1. The minimum absolute atomic E-state index is 0.257. The number of carbonyl (C=O) groups is 1. The number of aryl methyl sites for hydroxylation is 3. The molecule has 0 fully saturated rings. The van der Waals surface area contributed by atoms with Crippen molar-refractivity contribution >= 4 is 11.6 Å². The first kappa shape index (κ1) is 25.0. The first-order valence-corrected chi connectivity index (χ1v) is 11.7. The molecule has 186 valence electrons. The van der Waals surface area contributed by atoms with Gasteiger partial charge in [0.25, 0.3) is 5.91 Å². The Morgan fingerprint density at radius 1 is 0.972 bits per heavy atom. The van der Waals surface area contributed by atoms with Crippen molar-refractivity contribution in [2.24, 2.45) is 0 Å². The monoisotopic (exact) mass is 487 g/mol. The van der Waals surface area contributed by atoms with Crippen molar-refractivity contribution in [3.8, 4) is 11.5 Å². The second kappa shape index (κ2) is 10.6. The van der Waals surface area contributed by atoms with Crippen LogP contribution in [0.2, 0.25) is 0 Å². The van der Waals surface area contributed by atoms with Gasteiger partial charge in [0.1, 0.15) is 23.9 Å². The molecule has 0 saturated carbocycles. The van der Waals surface area contributed by atoms with Gasteiger partial charge in [-0.05, 0) is 69.2 Å². The molecule has 1 heterocycles. The summed E-state index contributed by atoms with van der Waals surface area (Å²) < 4.78 is 27.4. The fourth-order valence-electron chi connectivity index (χ4n) is 4.06. The first-order chi connectivity index (χ1) is 17.3. The molecule has 36 heavy (non-hydrogen) atoms. The van der Waals surface area contributed by atoms with Crippen molar-refractivity contribution in [1.29, 1.82) is 0 Å². The van der Waals surface area contributed by atoms with Gasteiger partial charge in [0, 0.05) is 16.7 Å². The molecule has 1 N–H and O–H groups in total. The van der Waals surface area contributed by atoms with Gasteiger partial charge in [-0.25, -0.2) is 4.39 Å². The van der Waals surface area contributed by atoms with Crippen molar-refractivity contribution in [2.45, 2.75) is 40.8 Å². The number of nitrogens with one attached hydrogen (secondary N) is 1. The summed E-state index contributed by atoms with van der Waals surface area (Å²) in [5, 5.41) is 7.48. The van der Waals surface area contributed by atoms with E-state index < -0.39 is 0 Å². The van der Waals surface area contributed by atoms with E-state index in [9.17, 15) is 9.18 Å². The zero-order valence-electron chi connectivity index (χ0n) is 21.2. The maximum absolute atomic E-state index is 14.1. The number of nitrogens with zero attached hydrogens (tertiary/aromatic N) is 2. The topological polar surface area (TPSA) is 65.4 Å². The molecule has 0 saturated heterocycles. The highest BCUT2D eigenvalue weighted by atomic mass is 19.1. The summed E-state index contributed by atoms with van der Waals surface area (Å²) in [5.41, 5.74) is 5.92. The molecule has 0 spiro atoms. The highest BCUT2D eigenvalue weighted by Gasteiger charge is 2.18. The summed E-state index contributed by atoms with van der Waals surface area (Å²) in [6.45, 7) is 8.21. The van der Waals surface area contributed by atoms with Crippen LogP contribution in [-0.4, -0.2) is 22.8 Å². The number of hydrogen-bond acceptors (Lipinski definition) is 4. The fourth-order valence-corrected chi connectivity index (χ4v) is 4.06. The molecule has 3 aromatic carbocycles. The van der Waals surface area contributed by atoms with Crippen LogP contribution in [0.4, 0.5) is 10.1 Å². The molecule has 4 aromatic rings. The maximum Gasteiger partial charge on any atom is 0.255 e. The summed E-state index contributed by atoms with van der Waals surface area (Å²) in [4.78, 5) is 13.2. The van der Waals surface area contributed by atoms with E-state index in [0.717, 1.165) is 28.1 Å². The zero-order valence-corrected chi connectivity index (χ0v) is 21.2. The first-order valence-electron chi connectivity index (χ1n) is 11.7. The molecule has 6 nitrogen and oxygen atoms in total. The lowest BCUT2D eigenvalue weighted by molar-refractivity contribution is 0.102. The van der Waals surface area contributed by atoms with E-state index in [2.05, 4.69) is 10.4 Å². The van der Waals surface area contributed by atoms with E-state index in [-0.39, 0.29) is 24.9 Å². The molecule has 0 bridgehead atoms. The molecular formula is C29H30FN3O3. The minimum atomic E-state index is -0.288. The molecule has 0 aliphatic rings. The average molecular weight is 488 g/mol. The smallest absolute Gasteiger partial charge is 0.255 e. The SMILES string of the molecule is COc1ccc(C(=O)Nc2c(C)nn(Cc3ccccc3F)c2C)cc1COc1cc(C)ccc1C. The number of rotatable bonds is 8. The Hall–Kier alpha value is -4.13. The van der Waals surface area contributed by atoms with Gasteiger partial charge in [-0.1, -0.05) is 30.3 Å². The van der Waals surface area contributed by atoms with Crippen LogP contribution in [0.3, 0.4) is 0 Å². The van der Waals surface area contributed by atoms with E-state index in [4.69, 9.17) is 9.47 Å². The van der Waals surface area contributed by atoms with Crippen LogP contribution in [0.5, 0.6) is 11.5 Å². The predicted molar refractivity (Wildman–Crippen MR) is 138 cm³/mol. The van der Waals surface area contributed by atoms with E-state index in [1.54, 1.807) is 48.2 Å². The molecule has 0 radical (unpaired) electrons. The molecular weight excluding hydrogens is 457 g/mol. The number of benzene rings is 3. The minimum Gasteiger partial charge on any atom is -0.496 e. The molecule has 0 aliphatic heterocycles. The molecule has 1 aromatic heterocycles. The van der Waals surface area contributed by atoms with Gasteiger partial charge in [-0.3, -0.25) is 9.48 Å². The summed E-state index contributed by atoms with van der Waals surface area (Å²) in [6.07, 6.45) is 0. The number of anilines is 1. The number of ether oxygens (including phenoxy) is 2. The molecule has 0 atom stereocenters. The lowest BCUT2D eigenvalue weighted by Crippen LogP contribution is -2.14. The van der Waals surface area contributed by atoms with Crippen LogP contribution in [-0.2, 0) is 13.2 Å². The number of hydrogen-bond donors (Lipinski definition) is 1. The van der Waals surface area contributed by atoms with Crippen LogP contribution in [0.15, 0.2) is 60.7 Å². The Morgan fingerprint density at radius 3 is 2.50 bits per heavy atom. The van der Waals surface area contributed by atoms with Crippen molar-refractivity contribution < 1.29 is 18.7 Å². The normalized spacial score (nSPS) is 10.8. The quantitative estimate of drug-likeness (QED) is 0.324. The second-order valence-corrected chi connectivity index (χ2v) is 8.83. The summed E-state index contributed by atoms with van der Waals surface area (Å²) >= 11 is 0. The van der Waals surface area contributed by atoms with Crippen LogP contribution < -0.4 is 14.8 Å². The van der Waals surface area contributed by atoms with Gasteiger partial charge in [0.15, 0.2) is 0 Å². The lowest BCUT2D eigenvalue weighted by Gasteiger charge is -2.14. The van der Waals surface area contributed by atoms with Gasteiger partial charge < -0.3 is 14.8 Å². The van der Waals surface area contributed by atoms with Gasteiger partial charge in [-0.15, -0.1) is 0 Å². The Labute approximate surface area is 210 Å². The van der Waals surface area contributed by atoms with Crippen molar-refractivity contribution in [2.75, 3.05) is 12.4 Å². The zero-order chi connectivity index (χ0) is 25.8. The molecule has 1 amide bonds. The van der Waals surface area contributed by atoms with Gasteiger partial charge >= 0.3 is 0 Å².